The molecule has 2 rings (SSSR count). The Morgan fingerprint density at radius 1 is 1.50 bits per heavy atom. The number of thiophene rings is 1. The second-order valence-corrected chi connectivity index (χ2v) is 6.09. The fourth-order valence-electron chi connectivity index (χ4n) is 2.32. The SMILES string of the molecule is Cl.O=C(O)CNC(=O)CN(Cc1cccs1)CC1CCCO1. The van der Waals surface area contributed by atoms with Crippen LogP contribution in [0.5, 0.6) is 0 Å². The minimum Gasteiger partial charge on any atom is -0.480 e. The molecule has 1 aliphatic rings. The number of carbonyl (C=O) groups excluding carboxylic acids is 1. The minimum absolute atomic E-state index is 0. The lowest BCUT2D eigenvalue weighted by Gasteiger charge is -2.24. The zero-order valence-electron chi connectivity index (χ0n) is 12.2. The Morgan fingerprint density at radius 2 is 2.32 bits per heavy atom. The number of nitrogens with one attached hydrogen (secondary N) is 1. The summed E-state index contributed by atoms with van der Waals surface area (Å²) >= 11 is 1.65. The predicted molar refractivity (Wildman–Crippen MR) is 86.5 cm³/mol. The molecule has 1 aromatic heterocycles. The number of hydrogen-bond acceptors (Lipinski definition) is 5. The Hall–Kier alpha value is -1.15. The third-order valence-electron chi connectivity index (χ3n) is 3.25. The summed E-state index contributed by atoms with van der Waals surface area (Å²) in [5.41, 5.74) is 0. The third-order valence-corrected chi connectivity index (χ3v) is 4.11. The zero-order chi connectivity index (χ0) is 15.1. The van der Waals surface area contributed by atoms with E-state index < -0.39 is 5.97 Å². The first-order chi connectivity index (χ1) is 10.1. The van der Waals surface area contributed by atoms with E-state index in [0.717, 1.165) is 19.4 Å². The molecule has 2 N–H and O–H groups in total. The van der Waals surface area contributed by atoms with Crippen LogP contribution in [0.1, 0.15) is 17.7 Å². The first-order valence-corrected chi connectivity index (χ1v) is 7.86. The van der Waals surface area contributed by atoms with Gasteiger partial charge in [-0.2, -0.15) is 0 Å². The number of halogens is 1. The standard InChI is InChI=1S/C14H20N2O4S.ClH/c17-13(15-7-14(18)19)10-16(8-11-3-1-5-20-11)9-12-4-2-6-21-12;/h2,4,6,11H,1,3,5,7-10H2,(H,15,17)(H,18,19);1H. The molecule has 0 bridgehead atoms. The predicted octanol–water partition coefficient (Wildman–Crippen LogP) is 1.35. The summed E-state index contributed by atoms with van der Waals surface area (Å²) in [6.07, 6.45) is 2.23. The molecular formula is C14H21ClN2O4S. The van der Waals surface area contributed by atoms with Crippen molar-refractivity contribution in [2.75, 3.05) is 26.2 Å². The molecule has 0 saturated carbocycles. The van der Waals surface area contributed by atoms with E-state index in [1.54, 1.807) is 11.3 Å². The van der Waals surface area contributed by atoms with Gasteiger partial charge in [-0.25, -0.2) is 0 Å². The highest BCUT2D eigenvalue weighted by Crippen LogP contribution is 2.16. The van der Waals surface area contributed by atoms with Crippen LogP contribution in [-0.2, 0) is 20.9 Å². The summed E-state index contributed by atoms with van der Waals surface area (Å²) in [5, 5.41) is 13.0. The van der Waals surface area contributed by atoms with E-state index in [1.165, 1.54) is 4.88 Å². The average molecular weight is 349 g/mol. The molecule has 0 aromatic carbocycles. The molecule has 1 unspecified atom stereocenters. The molecule has 1 aromatic rings. The number of carbonyl (C=O) groups is 2. The molecule has 1 amide bonds. The van der Waals surface area contributed by atoms with Crippen LogP contribution in [0.3, 0.4) is 0 Å². The molecule has 0 radical (unpaired) electrons. The van der Waals surface area contributed by atoms with Crippen molar-refractivity contribution in [1.29, 1.82) is 0 Å². The summed E-state index contributed by atoms with van der Waals surface area (Å²) in [6, 6.07) is 4.01. The second-order valence-electron chi connectivity index (χ2n) is 5.05. The van der Waals surface area contributed by atoms with Crippen LogP contribution >= 0.6 is 23.7 Å². The summed E-state index contributed by atoms with van der Waals surface area (Å²) in [4.78, 5) is 25.5. The lowest BCUT2D eigenvalue weighted by atomic mass is 10.2. The number of ether oxygens (including phenoxy) is 1. The van der Waals surface area contributed by atoms with Crippen LogP contribution in [0.2, 0.25) is 0 Å². The van der Waals surface area contributed by atoms with Crippen molar-refractivity contribution in [2.24, 2.45) is 0 Å². The van der Waals surface area contributed by atoms with Gasteiger partial charge in [-0.3, -0.25) is 14.5 Å². The van der Waals surface area contributed by atoms with Crippen LogP contribution in [0, 0.1) is 0 Å². The molecule has 6 nitrogen and oxygen atoms in total. The maximum Gasteiger partial charge on any atom is 0.322 e. The lowest BCUT2D eigenvalue weighted by molar-refractivity contribution is -0.138. The van der Waals surface area contributed by atoms with Crippen molar-refractivity contribution in [2.45, 2.75) is 25.5 Å². The number of hydrogen-bond donors (Lipinski definition) is 2. The Labute approximate surface area is 139 Å². The molecule has 22 heavy (non-hydrogen) atoms. The molecule has 8 heteroatoms. The largest absolute Gasteiger partial charge is 0.480 e. The van der Waals surface area contributed by atoms with E-state index in [9.17, 15) is 9.59 Å². The van der Waals surface area contributed by atoms with Crippen LogP contribution in [-0.4, -0.2) is 54.2 Å². The number of carboxylic acids is 1. The lowest BCUT2D eigenvalue weighted by Crippen LogP contribution is -2.41. The number of amides is 1. The second kappa shape index (κ2) is 9.78. The fourth-order valence-corrected chi connectivity index (χ4v) is 3.06. The van der Waals surface area contributed by atoms with E-state index in [4.69, 9.17) is 9.84 Å². The summed E-state index contributed by atoms with van der Waals surface area (Å²) in [5.74, 6) is -1.31. The van der Waals surface area contributed by atoms with E-state index in [2.05, 4.69) is 5.32 Å². The van der Waals surface area contributed by atoms with E-state index in [-0.39, 0.29) is 37.5 Å². The minimum atomic E-state index is -1.03. The molecule has 124 valence electrons. The normalized spacial score (nSPS) is 17.2. The van der Waals surface area contributed by atoms with Crippen LogP contribution in [0.4, 0.5) is 0 Å². The van der Waals surface area contributed by atoms with Gasteiger partial charge in [0.15, 0.2) is 0 Å². The van der Waals surface area contributed by atoms with Gasteiger partial charge >= 0.3 is 5.97 Å². The molecule has 0 aliphatic carbocycles. The Morgan fingerprint density at radius 3 is 2.91 bits per heavy atom. The number of carboxylic acid groups (broad SMARTS) is 1. The molecule has 2 heterocycles. The number of aliphatic carboxylic acids is 1. The van der Waals surface area contributed by atoms with Crippen molar-refractivity contribution < 1.29 is 19.4 Å². The van der Waals surface area contributed by atoms with Gasteiger partial charge in [0.1, 0.15) is 6.54 Å². The summed E-state index contributed by atoms with van der Waals surface area (Å²) < 4.78 is 5.62. The topological polar surface area (TPSA) is 78.9 Å². The van der Waals surface area contributed by atoms with Gasteiger partial charge in [-0.1, -0.05) is 6.07 Å². The van der Waals surface area contributed by atoms with Crippen LogP contribution in [0.25, 0.3) is 0 Å². The summed E-state index contributed by atoms with van der Waals surface area (Å²) in [6.45, 7) is 2.00. The van der Waals surface area contributed by atoms with Crippen molar-refractivity contribution in [1.82, 2.24) is 10.2 Å². The van der Waals surface area contributed by atoms with Gasteiger partial charge in [-0.15, -0.1) is 23.7 Å². The van der Waals surface area contributed by atoms with Crippen LogP contribution in [0.15, 0.2) is 17.5 Å². The van der Waals surface area contributed by atoms with E-state index in [0.29, 0.717) is 13.1 Å². The first kappa shape index (κ1) is 18.9. The molecule has 0 spiro atoms. The zero-order valence-corrected chi connectivity index (χ0v) is 13.8. The number of rotatable bonds is 8. The van der Waals surface area contributed by atoms with Crippen molar-refractivity contribution in [3.05, 3.63) is 22.4 Å². The Kier molecular flexibility index (Phi) is 8.40. The highest BCUT2D eigenvalue weighted by Gasteiger charge is 2.21. The smallest absolute Gasteiger partial charge is 0.322 e. The van der Waals surface area contributed by atoms with Crippen molar-refractivity contribution in [3.63, 3.8) is 0 Å². The molecule has 1 aliphatic heterocycles. The third kappa shape index (κ3) is 6.74. The van der Waals surface area contributed by atoms with Crippen molar-refractivity contribution in [3.8, 4) is 0 Å². The molecule has 1 fully saturated rings. The van der Waals surface area contributed by atoms with Gasteiger partial charge in [0.25, 0.3) is 0 Å². The monoisotopic (exact) mass is 348 g/mol. The van der Waals surface area contributed by atoms with E-state index >= 15 is 0 Å². The van der Waals surface area contributed by atoms with E-state index in [1.807, 2.05) is 22.4 Å². The summed E-state index contributed by atoms with van der Waals surface area (Å²) in [7, 11) is 0. The first-order valence-electron chi connectivity index (χ1n) is 6.98. The van der Waals surface area contributed by atoms with Gasteiger partial charge in [0, 0.05) is 24.6 Å². The quantitative estimate of drug-likeness (QED) is 0.741. The van der Waals surface area contributed by atoms with Gasteiger partial charge in [0.05, 0.1) is 12.6 Å². The Bertz CT molecular complexity index is 463. The van der Waals surface area contributed by atoms with Gasteiger partial charge < -0.3 is 15.2 Å². The highest BCUT2D eigenvalue weighted by atomic mass is 35.5. The van der Waals surface area contributed by atoms with Gasteiger partial charge in [-0.05, 0) is 24.3 Å². The molecular weight excluding hydrogens is 328 g/mol. The highest BCUT2D eigenvalue weighted by molar-refractivity contribution is 7.09. The van der Waals surface area contributed by atoms with Gasteiger partial charge in [0.2, 0.25) is 5.91 Å². The number of nitrogens with zero attached hydrogens (tertiary/aromatic N) is 1. The fraction of sp³-hybridized carbons (Fsp3) is 0.571. The average Bonchev–Trinajstić information content (AvgIpc) is 3.10. The maximum absolute atomic E-state index is 11.8. The maximum atomic E-state index is 11.8. The Balaban J connectivity index is 0.00000242. The molecule has 1 atom stereocenters. The van der Waals surface area contributed by atoms with Crippen LogP contribution < -0.4 is 5.32 Å². The van der Waals surface area contributed by atoms with Crippen molar-refractivity contribution >= 4 is 35.6 Å². The molecule has 1 saturated heterocycles.